The molecule has 2 aromatic rings. The molecule has 0 N–H and O–H groups in total. The van der Waals surface area contributed by atoms with Gasteiger partial charge in [-0.1, -0.05) is 26.0 Å². The van der Waals surface area contributed by atoms with Crippen molar-refractivity contribution in [3.63, 3.8) is 0 Å². The topological polar surface area (TPSA) is 29.0 Å². The molecule has 132 valence electrons. The van der Waals surface area contributed by atoms with Crippen molar-refractivity contribution < 1.29 is 4.39 Å². The summed E-state index contributed by atoms with van der Waals surface area (Å²) in [5.74, 6) is 2.76. The standard InChI is InChI=1S/C21H26FN3/c1-14-9-11-25(12-10-14)21-17-8-7-15(2)13-19(17)23-20(24-21)16-5-3-4-6-18(16)22/h3-6,14-15H,7-13H2,1-2H3/t15-/m1/s1. The van der Waals surface area contributed by atoms with Gasteiger partial charge >= 0.3 is 0 Å². The summed E-state index contributed by atoms with van der Waals surface area (Å²) in [6.07, 6.45) is 5.59. The molecule has 3 nitrogen and oxygen atoms in total. The Bertz CT molecular complexity index is 766. The Balaban J connectivity index is 1.80. The number of anilines is 1. The smallest absolute Gasteiger partial charge is 0.164 e. The van der Waals surface area contributed by atoms with Gasteiger partial charge in [0.2, 0.25) is 0 Å². The number of halogens is 1. The van der Waals surface area contributed by atoms with Crippen molar-refractivity contribution in [2.45, 2.75) is 46.0 Å². The minimum Gasteiger partial charge on any atom is -0.356 e. The fourth-order valence-electron chi connectivity index (χ4n) is 4.01. The molecular formula is C21H26FN3. The Morgan fingerprint density at radius 3 is 2.52 bits per heavy atom. The van der Waals surface area contributed by atoms with Crippen molar-refractivity contribution in [2.24, 2.45) is 11.8 Å². The highest BCUT2D eigenvalue weighted by molar-refractivity contribution is 5.61. The number of hydrogen-bond acceptors (Lipinski definition) is 3. The molecule has 0 amide bonds. The van der Waals surface area contributed by atoms with Crippen molar-refractivity contribution in [3.05, 3.63) is 41.3 Å². The van der Waals surface area contributed by atoms with Crippen molar-refractivity contribution in [2.75, 3.05) is 18.0 Å². The van der Waals surface area contributed by atoms with E-state index in [2.05, 4.69) is 18.7 Å². The van der Waals surface area contributed by atoms with Crippen LogP contribution < -0.4 is 4.90 Å². The van der Waals surface area contributed by atoms with Crippen LogP contribution in [0.2, 0.25) is 0 Å². The van der Waals surface area contributed by atoms with Crippen molar-refractivity contribution >= 4 is 5.82 Å². The number of aromatic nitrogens is 2. The third-order valence-electron chi connectivity index (χ3n) is 5.70. The van der Waals surface area contributed by atoms with E-state index in [4.69, 9.17) is 9.97 Å². The molecule has 1 aromatic heterocycles. The summed E-state index contributed by atoms with van der Waals surface area (Å²) in [6.45, 7) is 6.67. The molecule has 0 unspecified atom stereocenters. The van der Waals surface area contributed by atoms with Gasteiger partial charge in [-0.3, -0.25) is 0 Å². The highest BCUT2D eigenvalue weighted by Crippen LogP contribution is 2.34. The predicted molar refractivity (Wildman–Crippen MR) is 99.2 cm³/mol. The molecule has 0 radical (unpaired) electrons. The van der Waals surface area contributed by atoms with Crippen LogP contribution in [0.3, 0.4) is 0 Å². The normalized spacial score (nSPS) is 21.2. The zero-order valence-corrected chi connectivity index (χ0v) is 15.1. The van der Waals surface area contributed by atoms with Gasteiger partial charge in [-0.2, -0.15) is 0 Å². The molecule has 1 atom stereocenters. The van der Waals surface area contributed by atoms with E-state index in [9.17, 15) is 4.39 Å². The van der Waals surface area contributed by atoms with Crippen LogP contribution in [0.4, 0.5) is 10.2 Å². The van der Waals surface area contributed by atoms with Crippen molar-refractivity contribution in [3.8, 4) is 11.4 Å². The molecule has 0 spiro atoms. The van der Waals surface area contributed by atoms with E-state index < -0.39 is 0 Å². The first kappa shape index (κ1) is 16.5. The number of rotatable bonds is 2. The highest BCUT2D eigenvalue weighted by atomic mass is 19.1. The summed E-state index contributed by atoms with van der Waals surface area (Å²) in [7, 11) is 0. The SMILES string of the molecule is CC1CCN(c2nc(-c3ccccc3F)nc3c2CC[C@@H](C)C3)CC1. The summed E-state index contributed by atoms with van der Waals surface area (Å²) in [5, 5.41) is 0. The molecule has 25 heavy (non-hydrogen) atoms. The average Bonchev–Trinajstić information content (AvgIpc) is 2.61. The van der Waals surface area contributed by atoms with E-state index in [0.29, 0.717) is 17.3 Å². The number of nitrogens with zero attached hydrogens (tertiary/aromatic N) is 3. The van der Waals surface area contributed by atoms with E-state index in [1.54, 1.807) is 12.1 Å². The van der Waals surface area contributed by atoms with E-state index in [-0.39, 0.29) is 5.82 Å². The van der Waals surface area contributed by atoms with Crippen LogP contribution in [0.15, 0.2) is 24.3 Å². The third kappa shape index (κ3) is 3.26. The minimum absolute atomic E-state index is 0.246. The molecular weight excluding hydrogens is 313 g/mol. The van der Waals surface area contributed by atoms with E-state index in [1.807, 2.05) is 6.07 Å². The Kier molecular flexibility index (Phi) is 4.45. The Morgan fingerprint density at radius 1 is 1.00 bits per heavy atom. The van der Waals surface area contributed by atoms with Crippen LogP contribution in [0.5, 0.6) is 0 Å². The summed E-state index contributed by atoms with van der Waals surface area (Å²) < 4.78 is 14.3. The monoisotopic (exact) mass is 339 g/mol. The van der Waals surface area contributed by atoms with Crippen LogP contribution in [-0.4, -0.2) is 23.1 Å². The van der Waals surface area contributed by atoms with Crippen LogP contribution in [-0.2, 0) is 12.8 Å². The fraction of sp³-hybridized carbons (Fsp3) is 0.524. The Morgan fingerprint density at radius 2 is 1.76 bits per heavy atom. The van der Waals surface area contributed by atoms with Gasteiger partial charge in [-0.05, 0) is 56.1 Å². The van der Waals surface area contributed by atoms with E-state index in [1.165, 1.54) is 30.9 Å². The third-order valence-corrected chi connectivity index (χ3v) is 5.70. The lowest BCUT2D eigenvalue weighted by atomic mass is 9.87. The van der Waals surface area contributed by atoms with E-state index in [0.717, 1.165) is 43.4 Å². The maximum Gasteiger partial charge on any atom is 0.164 e. The first-order valence-electron chi connectivity index (χ1n) is 9.51. The van der Waals surface area contributed by atoms with Crippen LogP contribution in [0.25, 0.3) is 11.4 Å². The second-order valence-electron chi connectivity index (χ2n) is 7.79. The fourth-order valence-corrected chi connectivity index (χ4v) is 4.01. The Hall–Kier alpha value is -1.97. The number of fused-ring (bicyclic) bond motifs is 1. The highest BCUT2D eigenvalue weighted by Gasteiger charge is 2.27. The van der Waals surface area contributed by atoms with Crippen LogP contribution >= 0.6 is 0 Å². The first-order valence-corrected chi connectivity index (χ1v) is 9.51. The van der Waals surface area contributed by atoms with Crippen molar-refractivity contribution in [1.29, 1.82) is 0 Å². The van der Waals surface area contributed by atoms with Gasteiger partial charge in [0.05, 0.1) is 11.3 Å². The summed E-state index contributed by atoms with van der Waals surface area (Å²) in [6, 6.07) is 6.84. The molecule has 0 saturated carbocycles. The van der Waals surface area contributed by atoms with Gasteiger partial charge in [-0.15, -0.1) is 0 Å². The van der Waals surface area contributed by atoms with Gasteiger partial charge in [-0.25, -0.2) is 14.4 Å². The largest absolute Gasteiger partial charge is 0.356 e. The zero-order chi connectivity index (χ0) is 17.4. The lowest BCUT2D eigenvalue weighted by molar-refractivity contribution is 0.433. The second kappa shape index (κ2) is 6.74. The van der Waals surface area contributed by atoms with Gasteiger partial charge in [0.1, 0.15) is 11.6 Å². The van der Waals surface area contributed by atoms with Crippen molar-refractivity contribution in [1.82, 2.24) is 9.97 Å². The number of benzene rings is 1. The summed E-state index contributed by atoms with van der Waals surface area (Å²) in [5.41, 5.74) is 2.93. The van der Waals surface area contributed by atoms with Gasteiger partial charge < -0.3 is 4.90 Å². The molecule has 2 aliphatic rings. The maximum atomic E-state index is 14.3. The van der Waals surface area contributed by atoms with Crippen LogP contribution in [0.1, 0.15) is 44.4 Å². The molecule has 0 bridgehead atoms. The first-order chi connectivity index (χ1) is 12.1. The van der Waals surface area contributed by atoms with E-state index >= 15 is 0 Å². The van der Waals surface area contributed by atoms with Gasteiger partial charge in [0.25, 0.3) is 0 Å². The molecule has 4 heteroatoms. The molecule has 1 fully saturated rings. The lowest BCUT2D eigenvalue weighted by Crippen LogP contribution is -2.35. The van der Waals surface area contributed by atoms with Gasteiger partial charge in [0.15, 0.2) is 5.82 Å². The quantitative estimate of drug-likeness (QED) is 0.798. The molecule has 2 heterocycles. The maximum absolute atomic E-state index is 14.3. The zero-order valence-electron chi connectivity index (χ0n) is 15.1. The van der Waals surface area contributed by atoms with Crippen LogP contribution in [0, 0.1) is 17.7 Å². The minimum atomic E-state index is -0.246. The number of hydrogen-bond donors (Lipinski definition) is 0. The summed E-state index contributed by atoms with van der Waals surface area (Å²) in [4.78, 5) is 12.1. The molecule has 1 aliphatic heterocycles. The molecule has 1 saturated heterocycles. The average molecular weight is 339 g/mol. The van der Waals surface area contributed by atoms with Gasteiger partial charge in [0, 0.05) is 18.7 Å². The second-order valence-corrected chi connectivity index (χ2v) is 7.79. The molecule has 4 rings (SSSR count). The Labute approximate surface area is 149 Å². The number of piperidine rings is 1. The molecule has 1 aliphatic carbocycles. The summed E-state index contributed by atoms with van der Waals surface area (Å²) >= 11 is 0. The predicted octanol–water partition coefficient (Wildman–Crippen LogP) is 4.64. The lowest BCUT2D eigenvalue weighted by Gasteiger charge is -2.34. The molecule has 1 aromatic carbocycles.